The molecule has 1 aliphatic rings. The summed E-state index contributed by atoms with van der Waals surface area (Å²) in [6, 6.07) is 1.79. The summed E-state index contributed by atoms with van der Waals surface area (Å²) < 4.78 is 5.35. The van der Waals surface area contributed by atoms with Gasteiger partial charge in [-0.3, -0.25) is 4.79 Å². The molecule has 0 aliphatic carbocycles. The molecule has 1 amide bonds. The second-order valence-electron chi connectivity index (χ2n) is 4.85. The van der Waals surface area contributed by atoms with Crippen LogP contribution in [0.3, 0.4) is 0 Å². The van der Waals surface area contributed by atoms with Crippen LogP contribution in [-0.2, 0) is 4.74 Å². The Labute approximate surface area is 120 Å². The van der Waals surface area contributed by atoms with Crippen LogP contribution in [0.15, 0.2) is 12.3 Å². The predicted octanol–water partition coefficient (Wildman–Crippen LogP) is 1.52. The molecule has 1 atom stereocenters. The maximum Gasteiger partial charge on any atom is 0.266 e. The van der Waals surface area contributed by atoms with E-state index in [1.54, 1.807) is 19.4 Å². The van der Waals surface area contributed by atoms with Gasteiger partial charge in [0.1, 0.15) is 9.71 Å². The number of ether oxygens (including phenoxy) is 1. The Morgan fingerprint density at radius 3 is 3.20 bits per heavy atom. The van der Waals surface area contributed by atoms with E-state index in [1.807, 2.05) is 4.90 Å². The van der Waals surface area contributed by atoms with Crippen molar-refractivity contribution >= 4 is 33.1 Å². The number of thiophene rings is 1. The van der Waals surface area contributed by atoms with Crippen molar-refractivity contribution in [3.05, 3.63) is 17.1 Å². The number of nitrogen functional groups attached to an aromatic ring is 1. The number of carbonyl (C=O) groups is 1. The van der Waals surface area contributed by atoms with Gasteiger partial charge < -0.3 is 15.4 Å². The Kier molecular flexibility index (Phi) is 3.54. The Hall–Kier alpha value is -1.73. The number of amides is 1. The minimum Gasteiger partial charge on any atom is -0.397 e. The predicted molar refractivity (Wildman–Crippen MR) is 77.8 cm³/mol. The summed E-state index contributed by atoms with van der Waals surface area (Å²) in [7, 11) is 1.68. The molecule has 0 saturated carbocycles. The second-order valence-corrected chi connectivity index (χ2v) is 5.85. The fourth-order valence-corrected chi connectivity index (χ4v) is 3.50. The average molecular weight is 292 g/mol. The molecule has 6 nitrogen and oxygen atoms in total. The van der Waals surface area contributed by atoms with Crippen molar-refractivity contribution in [2.45, 2.75) is 18.9 Å². The van der Waals surface area contributed by atoms with Crippen LogP contribution in [0.25, 0.3) is 10.2 Å². The number of nitrogens with two attached hydrogens (primary N) is 1. The Morgan fingerprint density at radius 1 is 1.60 bits per heavy atom. The molecule has 20 heavy (non-hydrogen) atoms. The molecule has 2 aromatic heterocycles. The van der Waals surface area contributed by atoms with E-state index in [1.165, 1.54) is 11.3 Å². The first-order valence-corrected chi connectivity index (χ1v) is 7.34. The van der Waals surface area contributed by atoms with Gasteiger partial charge in [0.25, 0.3) is 5.91 Å². The lowest BCUT2D eigenvalue weighted by Crippen LogP contribution is -2.42. The van der Waals surface area contributed by atoms with E-state index in [4.69, 9.17) is 10.5 Å². The van der Waals surface area contributed by atoms with E-state index in [9.17, 15) is 4.79 Å². The number of hydrogen-bond donors (Lipinski definition) is 1. The summed E-state index contributed by atoms with van der Waals surface area (Å²) in [5, 5.41) is 8.64. The second kappa shape index (κ2) is 5.34. The molecular weight excluding hydrogens is 276 g/mol. The van der Waals surface area contributed by atoms with Crippen molar-refractivity contribution in [2.75, 3.05) is 25.9 Å². The number of nitrogens with zero attached hydrogens (tertiary/aromatic N) is 3. The summed E-state index contributed by atoms with van der Waals surface area (Å²) in [5.41, 5.74) is 6.58. The zero-order valence-electron chi connectivity index (χ0n) is 11.2. The maximum absolute atomic E-state index is 12.6. The highest BCUT2D eigenvalue weighted by Crippen LogP contribution is 2.33. The highest BCUT2D eigenvalue weighted by molar-refractivity contribution is 7.21. The molecule has 0 bridgehead atoms. The molecule has 106 valence electrons. The van der Waals surface area contributed by atoms with Gasteiger partial charge in [-0.15, -0.1) is 16.4 Å². The third kappa shape index (κ3) is 2.23. The lowest BCUT2D eigenvalue weighted by Gasteiger charge is -2.31. The minimum absolute atomic E-state index is 0.0350. The van der Waals surface area contributed by atoms with E-state index in [0.29, 0.717) is 21.9 Å². The minimum atomic E-state index is -0.0350. The third-order valence-corrected chi connectivity index (χ3v) is 4.71. The largest absolute Gasteiger partial charge is 0.397 e. The van der Waals surface area contributed by atoms with Crippen LogP contribution >= 0.6 is 11.3 Å². The van der Waals surface area contributed by atoms with Crippen LogP contribution in [0, 0.1) is 0 Å². The smallest absolute Gasteiger partial charge is 0.266 e. The molecule has 0 radical (unpaired) electrons. The fourth-order valence-electron chi connectivity index (χ4n) is 2.49. The van der Waals surface area contributed by atoms with Gasteiger partial charge in [-0.1, -0.05) is 0 Å². The normalized spacial score (nSPS) is 19.4. The first-order chi connectivity index (χ1) is 9.70. The number of methoxy groups -OCH3 is 1. The van der Waals surface area contributed by atoms with Crippen LogP contribution in [0.4, 0.5) is 5.69 Å². The van der Waals surface area contributed by atoms with Crippen LogP contribution in [0.1, 0.15) is 22.5 Å². The maximum atomic E-state index is 12.6. The molecule has 1 saturated heterocycles. The van der Waals surface area contributed by atoms with Gasteiger partial charge in [0.15, 0.2) is 0 Å². The molecule has 1 aliphatic heterocycles. The number of fused-ring (bicyclic) bond motifs is 1. The Bertz CT molecular complexity index is 642. The summed E-state index contributed by atoms with van der Waals surface area (Å²) in [5.74, 6) is -0.0350. The molecule has 1 unspecified atom stereocenters. The van der Waals surface area contributed by atoms with Crippen molar-refractivity contribution in [1.82, 2.24) is 15.1 Å². The topological polar surface area (TPSA) is 81.3 Å². The first-order valence-electron chi connectivity index (χ1n) is 6.52. The van der Waals surface area contributed by atoms with Crippen molar-refractivity contribution in [2.24, 2.45) is 0 Å². The fraction of sp³-hybridized carbons (Fsp3) is 0.462. The lowest BCUT2D eigenvalue weighted by atomic mass is 10.1. The molecular formula is C13H16N4O2S. The summed E-state index contributed by atoms with van der Waals surface area (Å²) in [6.45, 7) is 1.37. The Balaban J connectivity index is 1.90. The number of likely N-dealkylation sites (tertiary alicyclic amines) is 1. The zero-order chi connectivity index (χ0) is 14.1. The quantitative estimate of drug-likeness (QED) is 0.907. The lowest BCUT2D eigenvalue weighted by molar-refractivity contribution is 0.0272. The van der Waals surface area contributed by atoms with Gasteiger partial charge >= 0.3 is 0 Å². The molecule has 0 aromatic carbocycles. The van der Waals surface area contributed by atoms with Crippen LogP contribution in [0.2, 0.25) is 0 Å². The van der Waals surface area contributed by atoms with Crippen LogP contribution < -0.4 is 5.73 Å². The highest BCUT2D eigenvalue weighted by atomic mass is 32.1. The van der Waals surface area contributed by atoms with Gasteiger partial charge in [0.05, 0.1) is 18.0 Å². The average Bonchev–Trinajstić information content (AvgIpc) is 2.84. The number of anilines is 1. The van der Waals surface area contributed by atoms with Gasteiger partial charge in [-0.25, -0.2) is 0 Å². The molecule has 2 N–H and O–H groups in total. The van der Waals surface area contributed by atoms with Crippen molar-refractivity contribution in [1.29, 1.82) is 0 Å². The van der Waals surface area contributed by atoms with E-state index < -0.39 is 0 Å². The number of carbonyl (C=O) groups excluding carboxylic acids is 1. The summed E-state index contributed by atoms with van der Waals surface area (Å²) >= 11 is 1.30. The Morgan fingerprint density at radius 2 is 2.45 bits per heavy atom. The number of hydrogen-bond acceptors (Lipinski definition) is 6. The summed E-state index contributed by atoms with van der Waals surface area (Å²) in [6.07, 6.45) is 3.65. The van der Waals surface area contributed by atoms with E-state index >= 15 is 0 Å². The molecule has 2 aromatic rings. The first kappa shape index (κ1) is 13.3. The van der Waals surface area contributed by atoms with E-state index in [0.717, 1.165) is 24.8 Å². The van der Waals surface area contributed by atoms with Gasteiger partial charge in [-0.05, 0) is 18.9 Å². The molecule has 3 heterocycles. The number of aromatic nitrogens is 2. The molecule has 7 heteroatoms. The van der Waals surface area contributed by atoms with E-state index in [2.05, 4.69) is 10.2 Å². The molecule has 3 rings (SSSR count). The standard InChI is InChI=1S/C13H16N4O2S/c1-19-8-3-2-6-17(7-8)13(18)11-10(14)9-4-5-15-16-12(9)20-11/h4-5,8H,2-3,6-7,14H2,1H3. The molecule has 0 spiro atoms. The van der Waals surface area contributed by atoms with Crippen molar-refractivity contribution in [3.63, 3.8) is 0 Å². The zero-order valence-corrected chi connectivity index (χ0v) is 12.0. The highest BCUT2D eigenvalue weighted by Gasteiger charge is 2.27. The molecule has 1 fully saturated rings. The van der Waals surface area contributed by atoms with Gasteiger partial charge in [0.2, 0.25) is 0 Å². The van der Waals surface area contributed by atoms with Crippen molar-refractivity contribution < 1.29 is 9.53 Å². The SMILES string of the molecule is COC1CCCN(C(=O)c2sc3nnccc3c2N)C1. The van der Waals surface area contributed by atoms with E-state index in [-0.39, 0.29) is 12.0 Å². The van der Waals surface area contributed by atoms with Gasteiger partial charge in [-0.2, -0.15) is 5.10 Å². The van der Waals surface area contributed by atoms with Crippen LogP contribution in [-0.4, -0.2) is 47.3 Å². The monoisotopic (exact) mass is 292 g/mol. The third-order valence-electron chi connectivity index (χ3n) is 3.61. The van der Waals surface area contributed by atoms with Gasteiger partial charge in [0, 0.05) is 25.6 Å². The number of rotatable bonds is 2. The van der Waals surface area contributed by atoms with Crippen LogP contribution in [0.5, 0.6) is 0 Å². The van der Waals surface area contributed by atoms with Crippen molar-refractivity contribution in [3.8, 4) is 0 Å². The summed E-state index contributed by atoms with van der Waals surface area (Å²) in [4.78, 5) is 15.7. The number of piperidine rings is 1.